The minimum Gasteiger partial charge on any atom is -0.446 e. The average molecular weight is 293 g/mol. The summed E-state index contributed by atoms with van der Waals surface area (Å²) in [5, 5.41) is 3.22. The van der Waals surface area contributed by atoms with E-state index in [1.807, 2.05) is 11.6 Å². The second kappa shape index (κ2) is 6.53. The first-order valence-electron chi connectivity index (χ1n) is 6.41. The number of piperidine rings is 1. The van der Waals surface area contributed by atoms with Crippen LogP contribution in [0.1, 0.15) is 33.6 Å². The number of hydrogen-bond donors (Lipinski definition) is 3. The number of carbonyl (C=O) groups excluding carboxylic acids is 1. The fourth-order valence-corrected chi connectivity index (χ4v) is 2.74. The molecular weight excluding hydrogens is 270 g/mol. The second-order valence-corrected chi connectivity index (χ2v) is 6.94. The normalized spacial score (nSPS) is 19.2. The highest BCUT2D eigenvalue weighted by Crippen LogP contribution is 2.26. The molecule has 0 aromatic rings. The molecule has 0 aromatic carbocycles. The van der Waals surface area contributed by atoms with Gasteiger partial charge in [0.05, 0.1) is 6.10 Å². The van der Waals surface area contributed by atoms with Crippen molar-refractivity contribution in [1.82, 2.24) is 14.8 Å². The van der Waals surface area contributed by atoms with Gasteiger partial charge < -0.3 is 10.1 Å². The molecule has 0 saturated carbocycles. The van der Waals surface area contributed by atoms with Gasteiger partial charge in [0.2, 0.25) is 0 Å². The van der Waals surface area contributed by atoms with Gasteiger partial charge in [-0.1, -0.05) is 6.92 Å². The van der Waals surface area contributed by atoms with E-state index in [1.54, 1.807) is 13.8 Å². The zero-order chi connectivity index (χ0) is 14.5. The maximum Gasteiger partial charge on any atom is 0.422 e. The number of hydrogen-bond acceptors (Lipinski definition) is 5. The third kappa shape index (κ3) is 6.22. The van der Waals surface area contributed by atoms with E-state index >= 15 is 0 Å². The van der Waals surface area contributed by atoms with E-state index in [0.29, 0.717) is 6.54 Å². The monoisotopic (exact) mass is 293 g/mol. The summed E-state index contributed by atoms with van der Waals surface area (Å²) in [5.41, 5.74) is -0.0814. The Balaban J connectivity index is 2.44. The van der Waals surface area contributed by atoms with Crippen LogP contribution in [-0.4, -0.2) is 40.2 Å². The van der Waals surface area contributed by atoms with E-state index in [1.165, 1.54) is 0 Å². The van der Waals surface area contributed by atoms with Crippen LogP contribution in [0.4, 0.5) is 4.79 Å². The molecule has 0 radical (unpaired) electrons. The average Bonchev–Trinajstić information content (AvgIpc) is 2.26. The Labute approximate surface area is 114 Å². The maximum absolute atomic E-state index is 11.7. The summed E-state index contributed by atoms with van der Waals surface area (Å²) in [7, 11) is -3.86. The van der Waals surface area contributed by atoms with Crippen molar-refractivity contribution in [2.45, 2.75) is 39.7 Å². The molecule has 112 valence electrons. The van der Waals surface area contributed by atoms with Crippen molar-refractivity contribution in [3.63, 3.8) is 0 Å². The van der Waals surface area contributed by atoms with Crippen molar-refractivity contribution in [1.29, 1.82) is 0 Å². The van der Waals surface area contributed by atoms with Gasteiger partial charge in [-0.05, 0) is 45.2 Å². The van der Waals surface area contributed by atoms with E-state index in [-0.39, 0.29) is 11.5 Å². The Kier molecular flexibility index (Phi) is 5.57. The summed E-state index contributed by atoms with van der Waals surface area (Å²) in [6, 6.07) is 0. The van der Waals surface area contributed by atoms with Gasteiger partial charge in [0.1, 0.15) is 0 Å². The van der Waals surface area contributed by atoms with E-state index in [9.17, 15) is 13.2 Å². The predicted molar refractivity (Wildman–Crippen MR) is 71.9 cm³/mol. The quantitative estimate of drug-likeness (QED) is 0.679. The van der Waals surface area contributed by atoms with E-state index in [0.717, 1.165) is 25.9 Å². The number of rotatable bonds is 5. The molecule has 0 bridgehead atoms. The van der Waals surface area contributed by atoms with E-state index < -0.39 is 16.3 Å². The van der Waals surface area contributed by atoms with Crippen molar-refractivity contribution >= 4 is 16.3 Å². The molecule has 8 heteroatoms. The molecule has 3 N–H and O–H groups in total. The van der Waals surface area contributed by atoms with Crippen molar-refractivity contribution in [3.8, 4) is 0 Å². The largest absolute Gasteiger partial charge is 0.446 e. The Hall–Kier alpha value is -0.860. The van der Waals surface area contributed by atoms with Crippen LogP contribution < -0.4 is 14.8 Å². The lowest BCUT2D eigenvalue weighted by atomic mass is 9.81. The summed E-state index contributed by atoms with van der Waals surface area (Å²) < 4.78 is 32.3. The first-order chi connectivity index (χ1) is 8.72. The smallest absolute Gasteiger partial charge is 0.422 e. The zero-order valence-electron chi connectivity index (χ0n) is 11.7. The summed E-state index contributed by atoms with van der Waals surface area (Å²) in [5.74, 6) is 0. The van der Waals surface area contributed by atoms with Crippen LogP contribution in [0.2, 0.25) is 0 Å². The molecule has 1 saturated heterocycles. The predicted octanol–water partition coefficient (Wildman–Crippen LogP) is 0.345. The fourth-order valence-electron chi connectivity index (χ4n) is 1.86. The number of nitrogens with one attached hydrogen (secondary N) is 3. The molecule has 7 nitrogen and oxygen atoms in total. The lowest BCUT2D eigenvalue weighted by Crippen LogP contribution is -2.47. The van der Waals surface area contributed by atoms with Crippen LogP contribution in [0, 0.1) is 5.41 Å². The third-order valence-electron chi connectivity index (χ3n) is 3.06. The standard InChI is InChI=1S/C11H23N3O4S/c1-9(2)18-10(15)14-19(16,17)13-8-11(3)4-6-12-7-5-11/h9,12-13H,4-8H2,1-3H3,(H,14,15). The van der Waals surface area contributed by atoms with E-state index in [4.69, 9.17) is 4.74 Å². The van der Waals surface area contributed by atoms with Crippen molar-refractivity contribution in [2.24, 2.45) is 5.41 Å². The van der Waals surface area contributed by atoms with Crippen LogP contribution in [0.15, 0.2) is 0 Å². The molecule has 1 rings (SSSR count). The Morgan fingerprint density at radius 3 is 2.47 bits per heavy atom. The molecule has 0 unspecified atom stereocenters. The molecule has 0 atom stereocenters. The van der Waals surface area contributed by atoms with Crippen LogP contribution in [0.3, 0.4) is 0 Å². The van der Waals surface area contributed by atoms with Gasteiger partial charge in [0, 0.05) is 6.54 Å². The van der Waals surface area contributed by atoms with Crippen LogP contribution >= 0.6 is 0 Å². The molecule has 0 aliphatic carbocycles. The molecule has 1 heterocycles. The van der Waals surface area contributed by atoms with Crippen LogP contribution in [0.5, 0.6) is 0 Å². The molecular formula is C11H23N3O4S. The van der Waals surface area contributed by atoms with Gasteiger partial charge in [0.15, 0.2) is 0 Å². The summed E-state index contributed by atoms with van der Waals surface area (Å²) >= 11 is 0. The molecule has 0 spiro atoms. The van der Waals surface area contributed by atoms with Gasteiger partial charge in [-0.3, -0.25) is 0 Å². The van der Waals surface area contributed by atoms with Crippen molar-refractivity contribution in [2.75, 3.05) is 19.6 Å². The van der Waals surface area contributed by atoms with Gasteiger partial charge in [-0.2, -0.15) is 13.1 Å². The summed E-state index contributed by atoms with van der Waals surface area (Å²) in [6.45, 7) is 7.38. The Morgan fingerprint density at radius 1 is 1.37 bits per heavy atom. The zero-order valence-corrected chi connectivity index (χ0v) is 12.5. The van der Waals surface area contributed by atoms with Gasteiger partial charge in [-0.25, -0.2) is 9.52 Å². The van der Waals surface area contributed by atoms with Gasteiger partial charge >= 0.3 is 16.3 Å². The Bertz CT molecular complexity index is 402. The summed E-state index contributed by atoms with van der Waals surface area (Å²) in [6.07, 6.45) is 0.466. The molecule has 1 fully saturated rings. The number of carbonyl (C=O) groups is 1. The van der Waals surface area contributed by atoms with Gasteiger partial charge in [-0.15, -0.1) is 0 Å². The Morgan fingerprint density at radius 2 is 1.95 bits per heavy atom. The summed E-state index contributed by atoms with van der Waals surface area (Å²) in [4.78, 5) is 11.2. The first kappa shape index (κ1) is 16.2. The third-order valence-corrected chi connectivity index (χ3v) is 4.02. The van der Waals surface area contributed by atoms with Gasteiger partial charge in [0.25, 0.3) is 0 Å². The molecule has 1 amide bonds. The lowest BCUT2D eigenvalue weighted by Gasteiger charge is -2.33. The number of ether oxygens (including phenoxy) is 1. The highest BCUT2D eigenvalue weighted by molar-refractivity contribution is 7.88. The van der Waals surface area contributed by atoms with Crippen LogP contribution in [-0.2, 0) is 14.9 Å². The highest BCUT2D eigenvalue weighted by Gasteiger charge is 2.28. The molecule has 19 heavy (non-hydrogen) atoms. The molecule has 1 aliphatic heterocycles. The molecule has 1 aliphatic rings. The van der Waals surface area contributed by atoms with Crippen molar-refractivity contribution < 1.29 is 17.9 Å². The van der Waals surface area contributed by atoms with Crippen molar-refractivity contribution in [3.05, 3.63) is 0 Å². The topological polar surface area (TPSA) is 96.5 Å². The second-order valence-electron chi connectivity index (χ2n) is 5.44. The minimum atomic E-state index is -3.86. The highest BCUT2D eigenvalue weighted by atomic mass is 32.2. The number of amides is 1. The molecule has 0 aromatic heterocycles. The van der Waals surface area contributed by atoms with E-state index in [2.05, 4.69) is 10.0 Å². The minimum absolute atomic E-state index is 0.0814. The SMILES string of the molecule is CC(C)OC(=O)NS(=O)(=O)NCC1(C)CCNCC1. The fraction of sp³-hybridized carbons (Fsp3) is 0.909. The first-order valence-corrected chi connectivity index (χ1v) is 7.89. The maximum atomic E-state index is 11.7. The lowest BCUT2D eigenvalue weighted by molar-refractivity contribution is 0.121. The van der Waals surface area contributed by atoms with Crippen LogP contribution in [0.25, 0.3) is 0 Å².